The summed E-state index contributed by atoms with van der Waals surface area (Å²) in [5, 5.41) is 3.69. The zero-order valence-corrected chi connectivity index (χ0v) is 14.1. The molecule has 96 valence electrons. The van der Waals surface area contributed by atoms with Gasteiger partial charge in [0.15, 0.2) is 0 Å². The second-order valence-corrected chi connectivity index (χ2v) is 8.07. The summed E-state index contributed by atoms with van der Waals surface area (Å²) in [6.45, 7) is 3.35. The number of thiophene rings is 1. The van der Waals surface area contributed by atoms with Crippen molar-refractivity contribution in [3.63, 3.8) is 0 Å². The van der Waals surface area contributed by atoms with Crippen molar-refractivity contribution in [2.45, 2.75) is 45.1 Å². The fourth-order valence-electron chi connectivity index (χ4n) is 2.22. The van der Waals surface area contributed by atoms with Crippen molar-refractivity contribution in [2.24, 2.45) is 5.92 Å². The zero-order chi connectivity index (χ0) is 12.3. The summed E-state index contributed by atoms with van der Waals surface area (Å²) in [5.41, 5.74) is 0. The van der Waals surface area contributed by atoms with Gasteiger partial charge in [0.2, 0.25) is 0 Å². The maximum absolute atomic E-state index is 3.69. The van der Waals surface area contributed by atoms with Crippen molar-refractivity contribution in [2.75, 3.05) is 6.54 Å². The largest absolute Gasteiger partial charge is 0.309 e. The van der Waals surface area contributed by atoms with Crippen LogP contribution in [0.1, 0.15) is 49.9 Å². The molecule has 0 aliphatic heterocycles. The molecule has 1 heterocycles. The van der Waals surface area contributed by atoms with Gasteiger partial charge >= 0.3 is 0 Å². The minimum atomic E-state index is 0.549. The molecular weight excluding hydrogens is 362 g/mol. The summed E-state index contributed by atoms with van der Waals surface area (Å²) in [6.07, 6.45) is 6.80. The third kappa shape index (κ3) is 3.79. The van der Waals surface area contributed by atoms with Crippen molar-refractivity contribution in [1.29, 1.82) is 0 Å². The lowest BCUT2D eigenvalue weighted by Crippen LogP contribution is -2.26. The van der Waals surface area contributed by atoms with E-state index in [9.17, 15) is 0 Å². The van der Waals surface area contributed by atoms with Gasteiger partial charge in [-0.2, -0.15) is 0 Å². The Hall–Kier alpha value is 0.620. The molecule has 1 aliphatic carbocycles. The van der Waals surface area contributed by atoms with Gasteiger partial charge in [0, 0.05) is 15.4 Å². The standard InChI is InChI=1S/C13H19Br2NS/c1-2-6-16-11(7-9-4-3-5-9)12-8-10(14)13(15)17-12/h8-9,11,16H,2-7H2,1H3. The van der Waals surface area contributed by atoms with Gasteiger partial charge in [0.25, 0.3) is 0 Å². The van der Waals surface area contributed by atoms with Crippen LogP contribution in [0.4, 0.5) is 0 Å². The van der Waals surface area contributed by atoms with Crippen molar-refractivity contribution in [1.82, 2.24) is 5.32 Å². The molecule has 0 saturated heterocycles. The van der Waals surface area contributed by atoms with Gasteiger partial charge < -0.3 is 5.32 Å². The van der Waals surface area contributed by atoms with Gasteiger partial charge in [-0.15, -0.1) is 11.3 Å². The van der Waals surface area contributed by atoms with Crippen LogP contribution < -0.4 is 5.32 Å². The van der Waals surface area contributed by atoms with E-state index in [4.69, 9.17) is 0 Å². The average Bonchev–Trinajstić information content (AvgIpc) is 2.57. The quantitative estimate of drug-likeness (QED) is 0.686. The van der Waals surface area contributed by atoms with Crippen LogP contribution in [0, 0.1) is 5.92 Å². The van der Waals surface area contributed by atoms with Gasteiger partial charge in [-0.1, -0.05) is 26.2 Å². The fraction of sp³-hybridized carbons (Fsp3) is 0.692. The van der Waals surface area contributed by atoms with Crippen LogP contribution in [0.25, 0.3) is 0 Å². The second kappa shape index (κ2) is 6.69. The molecule has 0 spiro atoms. The smallest absolute Gasteiger partial charge is 0.0843 e. The summed E-state index contributed by atoms with van der Waals surface area (Å²) < 4.78 is 2.40. The van der Waals surface area contributed by atoms with Crippen LogP contribution in [0.15, 0.2) is 14.3 Å². The molecule has 1 aromatic heterocycles. The van der Waals surface area contributed by atoms with E-state index in [1.165, 1.54) is 45.2 Å². The minimum absolute atomic E-state index is 0.549. The molecule has 0 radical (unpaired) electrons. The third-order valence-electron chi connectivity index (χ3n) is 3.44. The lowest BCUT2D eigenvalue weighted by atomic mass is 9.80. The molecule has 2 rings (SSSR count). The Labute approximate surface area is 125 Å². The van der Waals surface area contributed by atoms with Gasteiger partial charge in [-0.25, -0.2) is 0 Å². The van der Waals surface area contributed by atoms with Gasteiger partial charge in [0.05, 0.1) is 3.79 Å². The molecule has 1 unspecified atom stereocenters. The molecular formula is C13H19Br2NS. The summed E-state index contributed by atoms with van der Waals surface area (Å²) >= 11 is 9.04. The number of rotatable bonds is 6. The van der Waals surface area contributed by atoms with Crippen molar-refractivity contribution < 1.29 is 0 Å². The average molecular weight is 381 g/mol. The van der Waals surface area contributed by atoms with Crippen LogP contribution in [-0.4, -0.2) is 6.54 Å². The first-order valence-corrected chi connectivity index (χ1v) is 8.79. The van der Waals surface area contributed by atoms with Crippen LogP contribution in [0.5, 0.6) is 0 Å². The van der Waals surface area contributed by atoms with E-state index >= 15 is 0 Å². The molecule has 1 fully saturated rings. The summed E-state index contributed by atoms with van der Waals surface area (Å²) in [6, 6.07) is 2.81. The molecule has 0 bridgehead atoms. The molecule has 1 saturated carbocycles. The molecule has 0 aromatic carbocycles. The predicted octanol–water partition coefficient (Wildman–Crippen LogP) is 5.50. The summed E-state index contributed by atoms with van der Waals surface area (Å²) in [4.78, 5) is 1.46. The molecule has 1 aliphatic rings. The zero-order valence-electron chi connectivity index (χ0n) is 10.1. The Morgan fingerprint density at radius 1 is 1.47 bits per heavy atom. The molecule has 1 atom stereocenters. The summed E-state index contributed by atoms with van der Waals surface area (Å²) in [5.74, 6) is 0.948. The lowest BCUT2D eigenvalue weighted by molar-refractivity contribution is 0.262. The summed E-state index contributed by atoms with van der Waals surface area (Å²) in [7, 11) is 0. The van der Waals surface area contributed by atoms with Crippen molar-refractivity contribution in [3.05, 3.63) is 19.2 Å². The van der Waals surface area contributed by atoms with E-state index in [-0.39, 0.29) is 0 Å². The SMILES string of the molecule is CCCNC(CC1CCC1)c1cc(Br)c(Br)s1. The van der Waals surface area contributed by atoms with Crippen LogP contribution >= 0.6 is 43.2 Å². The maximum Gasteiger partial charge on any atom is 0.0843 e. The van der Waals surface area contributed by atoms with Gasteiger partial charge in [0.1, 0.15) is 0 Å². The third-order valence-corrected chi connectivity index (χ3v) is 6.81. The highest BCUT2D eigenvalue weighted by Gasteiger charge is 2.24. The monoisotopic (exact) mass is 379 g/mol. The number of halogens is 2. The van der Waals surface area contributed by atoms with E-state index in [1.54, 1.807) is 0 Å². The Kier molecular flexibility index (Phi) is 5.52. The van der Waals surface area contributed by atoms with E-state index in [0.717, 1.165) is 12.5 Å². The van der Waals surface area contributed by atoms with Crippen LogP contribution in [0.2, 0.25) is 0 Å². The Bertz CT molecular complexity index is 341. The van der Waals surface area contributed by atoms with E-state index in [2.05, 4.69) is 50.2 Å². The molecule has 1 aromatic rings. The molecule has 0 amide bonds. The Morgan fingerprint density at radius 2 is 2.24 bits per heavy atom. The second-order valence-electron chi connectivity index (χ2n) is 4.81. The topological polar surface area (TPSA) is 12.0 Å². The first-order valence-electron chi connectivity index (χ1n) is 6.38. The van der Waals surface area contributed by atoms with E-state index in [0.29, 0.717) is 6.04 Å². The highest BCUT2D eigenvalue weighted by atomic mass is 79.9. The lowest BCUT2D eigenvalue weighted by Gasteiger charge is -2.29. The molecule has 17 heavy (non-hydrogen) atoms. The minimum Gasteiger partial charge on any atom is -0.309 e. The van der Waals surface area contributed by atoms with Crippen molar-refractivity contribution in [3.8, 4) is 0 Å². The molecule has 1 N–H and O–H groups in total. The molecule has 4 heteroatoms. The first-order chi connectivity index (χ1) is 8.20. The fourth-order valence-corrected chi connectivity index (χ4v) is 4.39. The van der Waals surface area contributed by atoms with Crippen LogP contribution in [0.3, 0.4) is 0 Å². The Morgan fingerprint density at radius 3 is 2.71 bits per heavy atom. The maximum atomic E-state index is 3.69. The van der Waals surface area contributed by atoms with E-state index in [1.807, 2.05) is 11.3 Å². The highest BCUT2D eigenvalue weighted by Crippen LogP contribution is 2.40. The van der Waals surface area contributed by atoms with Crippen molar-refractivity contribution >= 4 is 43.2 Å². The Balaban J connectivity index is 2.02. The van der Waals surface area contributed by atoms with Gasteiger partial charge in [-0.05, 0) is 63.2 Å². The first kappa shape index (κ1) is 14.0. The highest BCUT2D eigenvalue weighted by molar-refractivity contribution is 9.13. The predicted molar refractivity (Wildman–Crippen MR) is 82.7 cm³/mol. The number of hydrogen-bond acceptors (Lipinski definition) is 2. The number of nitrogens with one attached hydrogen (secondary N) is 1. The number of hydrogen-bond donors (Lipinski definition) is 1. The molecule has 1 nitrogen and oxygen atoms in total. The van der Waals surface area contributed by atoms with Gasteiger partial charge in [-0.3, -0.25) is 0 Å². The normalized spacial score (nSPS) is 18.1. The van der Waals surface area contributed by atoms with E-state index < -0.39 is 0 Å². The van der Waals surface area contributed by atoms with Crippen LogP contribution in [-0.2, 0) is 0 Å².